The summed E-state index contributed by atoms with van der Waals surface area (Å²) in [7, 11) is 0. The molecule has 2 aromatic carbocycles. The first-order valence-electron chi connectivity index (χ1n) is 6.71. The molecule has 1 heterocycles. The molecule has 1 aliphatic heterocycles. The summed E-state index contributed by atoms with van der Waals surface area (Å²) in [6.45, 7) is 1.42. The van der Waals surface area contributed by atoms with Crippen molar-refractivity contribution in [3.63, 3.8) is 0 Å². The van der Waals surface area contributed by atoms with Gasteiger partial charge in [-0.15, -0.1) is 0 Å². The second-order valence-corrected chi connectivity index (χ2v) is 4.91. The molecule has 0 bridgehead atoms. The average Bonchev–Trinajstić information content (AvgIpc) is 2.63. The van der Waals surface area contributed by atoms with E-state index < -0.39 is 5.92 Å². The molecule has 1 aliphatic rings. The smallest absolute Gasteiger partial charge is 0.241 e. The van der Waals surface area contributed by atoms with Crippen molar-refractivity contribution in [2.24, 2.45) is 10.9 Å². The van der Waals surface area contributed by atoms with E-state index in [1.165, 1.54) is 6.92 Å². The Bertz CT molecular complexity index is 735. The van der Waals surface area contributed by atoms with Gasteiger partial charge in [-0.3, -0.25) is 9.59 Å². The van der Waals surface area contributed by atoms with E-state index in [-0.39, 0.29) is 11.7 Å². The molecule has 0 aromatic heterocycles. The van der Waals surface area contributed by atoms with E-state index in [1.54, 1.807) is 6.07 Å². The minimum absolute atomic E-state index is 0.220. The molecule has 104 valence electrons. The summed E-state index contributed by atoms with van der Waals surface area (Å²) >= 11 is 0. The van der Waals surface area contributed by atoms with Gasteiger partial charge in [0.25, 0.3) is 0 Å². The van der Waals surface area contributed by atoms with E-state index in [2.05, 4.69) is 10.3 Å². The summed E-state index contributed by atoms with van der Waals surface area (Å²) in [6.07, 6.45) is 0. The molecule has 4 nitrogen and oxygen atoms in total. The predicted octanol–water partition coefficient (Wildman–Crippen LogP) is 2.96. The SMILES string of the molecule is CC(=O)C1C(=O)Nc2ccccc2N=C1c1ccccc1. The Morgan fingerprint density at radius 1 is 1.05 bits per heavy atom. The summed E-state index contributed by atoms with van der Waals surface area (Å²) in [5.41, 5.74) is 2.56. The first-order chi connectivity index (χ1) is 10.2. The third kappa shape index (κ3) is 2.48. The highest BCUT2D eigenvalue weighted by Crippen LogP contribution is 2.30. The van der Waals surface area contributed by atoms with Gasteiger partial charge < -0.3 is 5.32 Å². The van der Waals surface area contributed by atoms with Crippen LogP contribution in [-0.2, 0) is 9.59 Å². The molecule has 0 spiro atoms. The van der Waals surface area contributed by atoms with Crippen LogP contribution in [0, 0.1) is 5.92 Å². The number of nitrogens with one attached hydrogen (secondary N) is 1. The summed E-state index contributed by atoms with van der Waals surface area (Å²) in [5.74, 6) is -1.45. The van der Waals surface area contributed by atoms with Crippen molar-refractivity contribution in [3.05, 3.63) is 60.2 Å². The zero-order chi connectivity index (χ0) is 14.8. The van der Waals surface area contributed by atoms with Crippen molar-refractivity contribution in [1.82, 2.24) is 0 Å². The van der Waals surface area contributed by atoms with Crippen LogP contribution in [-0.4, -0.2) is 17.4 Å². The van der Waals surface area contributed by atoms with Crippen molar-refractivity contribution in [3.8, 4) is 0 Å². The zero-order valence-electron chi connectivity index (χ0n) is 11.5. The quantitative estimate of drug-likeness (QED) is 0.858. The second kappa shape index (κ2) is 5.32. The van der Waals surface area contributed by atoms with Crippen LogP contribution in [0.2, 0.25) is 0 Å². The number of ketones is 1. The Balaban J connectivity index is 2.21. The molecule has 0 radical (unpaired) electrons. The Morgan fingerprint density at radius 3 is 2.43 bits per heavy atom. The molecule has 2 aromatic rings. The number of hydrogen-bond acceptors (Lipinski definition) is 3. The van der Waals surface area contributed by atoms with Crippen molar-refractivity contribution in [1.29, 1.82) is 0 Å². The molecule has 21 heavy (non-hydrogen) atoms. The van der Waals surface area contributed by atoms with E-state index in [1.807, 2.05) is 48.5 Å². The van der Waals surface area contributed by atoms with Gasteiger partial charge in [-0.2, -0.15) is 0 Å². The van der Waals surface area contributed by atoms with Gasteiger partial charge in [0, 0.05) is 0 Å². The van der Waals surface area contributed by atoms with Crippen LogP contribution in [0.25, 0.3) is 0 Å². The van der Waals surface area contributed by atoms with Gasteiger partial charge in [-0.25, -0.2) is 4.99 Å². The van der Waals surface area contributed by atoms with Gasteiger partial charge in [0.15, 0.2) is 0 Å². The summed E-state index contributed by atoms with van der Waals surface area (Å²) < 4.78 is 0. The van der Waals surface area contributed by atoms with Crippen LogP contribution in [0.1, 0.15) is 12.5 Å². The molecule has 1 unspecified atom stereocenters. The number of para-hydroxylation sites is 2. The number of carbonyl (C=O) groups is 2. The Kier molecular flexibility index (Phi) is 3.36. The molecule has 1 amide bonds. The number of amides is 1. The van der Waals surface area contributed by atoms with Gasteiger partial charge in [-0.1, -0.05) is 42.5 Å². The lowest BCUT2D eigenvalue weighted by molar-refractivity contribution is -0.127. The number of hydrogen-bond donors (Lipinski definition) is 1. The standard InChI is InChI=1S/C17H14N2O2/c1-11(20)15-16(12-7-3-2-4-8-12)18-13-9-5-6-10-14(13)19-17(15)21/h2-10,15H,1H3,(H,19,21). The Morgan fingerprint density at radius 2 is 1.71 bits per heavy atom. The van der Waals surface area contributed by atoms with Crippen molar-refractivity contribution in [2.75, 3.05) is 5.32 Å². The first kappa shape index (κ1) is 13.2. The number of anilines is 1. The Labute approximate surface area is 122 Å². The van der Waals surface area contributed by atoms with Crippen LogP contribution in [0.5, 0.6) is 0 Å². The highest BCUT2D eigenvalue weighted by Gasteiger charge is 2.32. The molecular formula is C17H14N2O2. The molecule has 0 aliphatic carbocycles. The Hall–Kier alpha value is -2.75. The van der Waals surface area contributed by atoms with E-state index in [0.29, 0.717) is 17.1 Å². The van der Waals surface area contributed by atoms with Gasteiger partial charge >= 0.3 is 0 Å². The molecular weight excluding hydrogens is 264 g/mol. The second-order valence-electron chi connectivity index (χ2n) is 4.91. The van der Waals surface area contributed by atoms with Crippen LogP contribution >= 0.6 is 0 Å². The van der Waals surface area contributed by atoms with E-state index >= 15 is 0 Å². The third-order valence-electron chi connectivity index (χ3n) is 3.41. The van der Waals surface area contributed by atoms with Crippen molar-refractivity contribution < 1.29 is 9.59 Å². The van der Waals surface area contributed by atoms with Gasteiger partial charge in [-0.05, 0) is 24.6 Å². The number of rotatable bonds is 2. The van der Waals surface area contributed by atoms with E-state index in [4.69, 9.17) is 0 Å². The highest BCUT2D eigenvalue weighted by atomic mass is 16.2. The fourth-order valence-corrected chi connectivity index (χ4v) is 2.42. The fraction of sp³-hybridized carbons (Fsp3) is 0.118. The highest BCUT2D eigenvalue weighted by molar-refractivity contribution is 6.29. The maximum absolute atomic E-state index is 12.4. The van der Waals surface area contributed by atoms with Gasteiger partial charge in [0.1, 0.15) is 11.7 Å². The number of fused-ring (bicyclic) bond motifs is 1. The van der Waals surface area contributed by atoms with Crippen LogP contribution in [0.4, 0.5) is 11.4 Å². The van der Waals surface area contributed by atoms with E-state index in [0.717, 1.165) is 5.56 Å². The zero-order valence-corrected chi connectivity index (χ0v) is 11.5. The lowest BCUT2D eigenvalue weighted by atomic mass is 9.92. The maximum atomic E-state index is 12.4. The lowest BCUT2D eigenvalue weighted by Crippen LogP contribution is -2.34. The summed E-state index contributed by atoms with van der Waals surface area (Å²) in [5, 5.41) is 2.78. The molecule has 3 rings (SSSR count). The lowest BCUT2D eigenvalue weighted by Gasteiger charge is -2.13. The number of nitrogens with zero attached hydrogens (tertiary/aromatic N) is 1. The maximum Gasteiger partial charge on any atom is 0.241 e. The van der Waals surface area contributed by atoms with Gasteiger partial charge in [0.05, 0.1) is 17.1 Å². The molecule has 0 saturated carbocycles. The molecule has 1 atom stereocenters. The van der Waals surface area contributed by atoms with Crippen LogP contribution in [0.15, 0.2) is 59.6 Å². The minimum Gasteiger partial charge on any atom is -0.323 e. The summed E-state index contributed by atoms with van der Waals surface area (Å²) in [4.78, 5) is 28.9. The fourth-order valence-electron chi connectivity index (χ4n) is 2.42. The van der Waals surface area contributed by atoms with Crippen molar-refractivity contribution in [2.45, 2.75) is 6.92 Å². The van der Waals surface area contributed by atoms with E-state index in [9.17, 15) is 9.59 Å². The van der Waals surface area contributed by atoms with Crippen molar-refractivity contribution >= 4 is 28.8 Å². The van der Waals surface area contributed by atoms with Gasteiger partial charge in [0.2, 0.25) is 5.91 Å². The molecule has 4 heteroatoms. The molecule has 0 fully saturated rings. The topological polar surface area (TPSA) is 58.5 Å². The normalized spacial score (nSPS) is 17.3. The minimum atomic E-state index is -0.889. The van der Waals surface area contributed by atoms with Crippen LogP contribution < -0.4 is 5.32 Å². The molecule has 1 N–H and O–H groups in total. The predicted molar refractivity (Wildman–Crippen MR) is 81.9 cm³/mol. The monoisotopic (exact) mass is 278 g/mol. The number of Topliss-reactive ketones (excluding diaryl/α,β-unsaturated/α-hetero) is 1. The first-order valence-corrected chi connectivity index (χ1v) is 6.71. The summed E-state index contributed by atoms with van der Waals surface area (Å²) in [6, 6.07) is 16.6. The molecule has 0 saturated heterocycles. The number of carbonyl (C=O) groups excluding carboxylic acids is 2. The largest absolute Gasteiger partial charge is 0.323 e. The number of benzene rings is 2. The van der Waals surface area contributed by atoms with Crippen LogP contribution in [0.3, 0.4) is 0 Å². The number of aliphatic imine (C=N–C) groups is 1. The average molecular weight is 278 g/mol. The third-order valence-corrected chi connectivity index (χ3v) is 3.41.